The summed E-state index contributed by atoms with van der Waals surface area (Å²) in [5.74, 6) is 0. The molecule has 0 aromatic heterocycles. The minimum atomic E-state index is 0.992. The maximum Gasteiger partial charge on any atom is -0.0230 e. The predicted molar refractivity (Wildman–Crippen MR) is 94.7 cm³/mol. The highest BCUT2D eigenvalue weighted by Gasteiger charge is 1.99. The Kier molecular flexibility index (Phi) is 10.0. The van der Waals surface area contributed by atoms with Gasteiger partial charge in [0.2, 0.25) is 0 Å². The Morgan fingerprint density at radius 2 is 1.55 bits per heavy atom. The fourth-order valence-corrected chi connectivity index (χ4v) is 1.56. The summed E-state index contributed by atoms with van der Waals surface area (Å²) >= 11 is 0. The van der Waals surface area contributed by atoms with Crippen molar-refractivity contribution in [1.29, 1.82) is 0 Å². The van der Waals surface area contributed by atoms with Gasteiger partial charge in [-0.25, -0.2) is 0 Å². The summed E-state index contributed by atoms with van der Waals surface area (Å²) in [7, 11) is 0. The first-order chi connectivity index (χ1) is 9.60. The standard InChI is InChI=1S/C16H20.C4H8/c1-5-7-8-14(4)16-11-9-15(10-12-16)13(3)6-2;1-3-4-2/h5-6,9-12H,1,4,7-8H2,2-3H3;3H,1,4H2,2H3/b13-6+;. The topological polar surface area (TPSA) is 0 Å². The predicted octanol–water partition coefficient (Wildman–Crippen LogP) is 6.67. The third kappa shape index (κ3) is 6.94. The van der Waals surface area contributed by atoms with E-state index in [0.29, 0.717) is 0 Å². The molecule has 0 nitrogen and oxygen atoms in total. The Bertz CT molecular complexity index is 443. The summed E-state index contributed by atoms with van der Waals surface area (Å²) in [6.07, 6.45) is 9.00. The molecule has 1 aromatic carbocycles. The van der Waals surface area contributed by atoms with Crippen LogP contribution in [-0.4, -0.2) is 0 Å². The fraction of sp³-hybridized carbons (Fsp3) is 0.300. The lowest BCUT2D eigenvalue weighted by Gasteiger charge is -2.06. The largest absolute Gasteiger partial charge is 0.103 e. The van der Waals surface area contributed by atoms with Crippen LogP contribution >= 0.6 is 0 Å². The van der Waals surface area contributed by atoms with E-state index in [2.05, 4.69) is 70.8 Å². The average molecular weight is 268 g/mol. The van der Waals surface area contributed by atoms with Gasteiger partial charge in [0.05, 0.1) is 0 Å². The molecule has 0 unspecified atom stereocenters. The molecule has 0 radical (unpaired) electrons. The third-order valence-corrected chi connectivity index (χ3v) is 3.12. The molecule has 0 aliphatic heterocycles. The number of hydrogen-bond donors (Lipinski definition) is 0. The van der Waals surface area contributed by atoms with Gasteiger partial charge in [0.25, 0.3) is 0 Å². The lowest BCUT2D eigenvalue weighted by molar-refractivity contribution is 1.08. The second-order valence-corrected chi connectivity index (χ2v) is 4.68. The van der Waals surface area contributed by atoms with Crippen molar-refractivity contribution in [1.82, 2.24) is 0 Å². The van der Waals surface area contributed by atoms with Crippen LogP contribution in [0.1, 0.15) is 51.2 Å². The van der Waals surface area contributed by atoms with E-state index in [9.17, 15) is 0 Å². The van der Waals surface area contributed by atoms with Crippen LogP contribution in [0.2, 0.25) is 0 Å². The Hall–Kier alpha value is -1.82. The molecule has 0 amide bonds. The SMILES string of the molecule is C=CCC.C=CCCC(=C)c1ccc(/C(C)=C/C)cc1. The van der Waals surface area contributed by atoms with Crippen molar-refractivity contribution in [3.05, 3.63) is 73.4 Å². The minimum Gasteiger partial charge on any atom is -0.103 e. The van der Waals surface area contributed by atoms with Crippen LogP contribution < -0.4 is 0 Å². The van der Waals surface area contributed by atoms with Gasteiger partial charge in [-0.3, -0.25) is 0 Å². The first kappa shape index (κ1) is 18.2. The summed E-state index contributed by atoms with van der Waals surface area (Å²) in [5.41, 5.74) is 5.00. The molecule has 0 saturated heterocycles. The van der Waals surface area contributed by atoms with Gasteiger partial charge in [-0.2, -0.15) is 0 Å². The molecule has 0 heteroatoms. The van der Waals surface area contributed by atoms with Gasteiger partial charge in [-0.15, -0.1) is 13.2 Å². The van der Waals surface area contributed by atoms with Gasteiger partial charge in [-0.1, -0.05) is 56.0 Å². The monoisotopic (exact) mass is 268 g/mol. The molecule has 0 heterocycles. The molecule has 0 bridgehead atoms. The van der Waals surface area contributed by atoms with Crippen molar-refractivity contribution in [2.24, 2.45) is 0 Å². The number of rotatable bonds is 6. The van der Waals surface area contributed by atoms with Gasteiger partial charge in [0.1, 0.15) is 0 Å². The van der Waals surface area contributed by atoms with Crippen molar-refractivity contribution in [2.75, 3.05) is 0 Å². The summed E-state index contributed by atoms with van der Waals surface area (Å²) < 4.78 is 0. The quantitative estimate of drug-likeness (QED) is 0.505. The Morgan fingerprint density at radius 3 is 1.95 bits per heavy atom. The summed E-state index contributed by atoms with van der Waals surface area (Å²) in [5, 5.41) is 0. The molecule has 0 atom stereocenters. The smallest absolute Gasteiger partial charge is 0.0230 e. The Labute approximate surface area is 125 Å². The Morgan fingerprint density at radius 1 is 1.05 bits per heavy atom. The van der Waals surface area contributed by atoms with Crippen LogP contribution in [-0.2, 0) is 0 Å². The second kappa shape index (κ2) is 11.0. The zero-order chi connectivity index (χ0) is 15.4. The second-order valence-electron chi connectivity index (χ2n) is 4.68. The molecular formula is C20H28. The highest BCUT2D eigenvalue weighted by molar-refractivity contribution is 5.68. The highest BCUT2D eigenvalue weighted by atomic mass is 14.0. The molecule has 0 spiro atoms. The highest BCUT2D eigenvalue weighted by Crippen LogP contribution is 2.21. The molecule has 20 heavy (non-hydrogen) atoms. The number of hydrogen-bond acceptors (Lipinski definition) is 0. The van der Waals surface area contributed by atoms with E-state index in [4.69, 9.17) is 0 Å². The van der Waals surface area contributed by atoms with Crippen molar-refractivity contribution in [3.8, 4) is 0 Å². The van der Waals surface area contributed by atoms with Gasteiger partial charge in [0, 0.05) is 0 Å². The molecule has 0 saturated carbocycles. The average Bonchev–Trinajstić information content (AvgIpc) is 2.52. The molecule has 0 aliphatic carbocycles. The fourth-order valence-electron chi connectivity index (χ4n) is 1.56. The molecule has 108 valence electrons. The van der Waals surface area contributed by atoms with E-state index < -0.39 is 0 Å². The van der Waals surface area contributed by atoms with E-state index in [1.807, 2.05) is 12.2 Å². The Balaban J connectivity index is 0.000000796. The lowest BCUT2D eigenvalue weighted by Crippen LogP contribution is -1.85. The molecule has 0 aliphatic rings. The van der Waals surface area contributed by atoms with Crippen molar-refractivity contribution >= 4 is 11.1 Å². The lowest BCUT2D eigenvalue weighted by atomic mass is 9.99. The zero-order valence-corrected chi connectivity index (χ0v) is 13.3. The normalized spacial score (nSPS) is 10.2. The van der Waals surface area contributed by atoms with Gasteiger partial charge in [-0.05, 0) is 55.4 Å². The summed E-state index contributed by atoms with van der Waals surface area (Å²) in [4.78, 5) is 0. The maximum atomic E-state index is 4.09. The number of benzene rings is 1. The zero-order valence-electron chi connectivity index (χ0n) is 13.3. The van der Waals surface area contributed by atoms with Gasteiger partial charge >= 0.3 is 0 Å². The molecule has 1 aromatic rings. The maximum absolute atomic E-state index is 4.09. The first-order valence-electron chi connectivity index (χ1n) is 7.23. The van der Waals surface area contributed by atoms with Crippen LogP contribution in [0.15, 0.2) is 62.2 Å². The molecule has 0 N–H and O–H groups in total. The molecular weight excluding hydrogens is 240 g/mol. The van der Waals surface area contributed by atoms with Crippen molar-refractivity contribution < 1.29 is 0 Å². The molecule has 1 rings (SSSR count). The van der Waals surface area contributed by atoms with Gasteiger partial charge < -0.3 is 0 Å². The van der Waals surface area contributed by atoms with Crippen LogP contribution in [0.5, 0.6) is 0 Å². The van der Waals surface area contributed by atoms with Crippen LogP contribution in [0.3, 0.4) is 0 Å². The van der Waals surface area contributed by atoms with E-state index in [1.54, 1.807) is 0 Å². The van der Waals surface area contributed by atoms with Crippen LogP contribution in [0.4, 0.5) is 0 Å². The van der Waals surface area contributed by atoms with Crippen molar-refractivity contribution in [3.63, 3.8) is 0 Å². The van der Waals surface area contributed by atoms with Crippen LogP contribution in [0.25, 0.3) is 11.1 Å². The van der Waals surface area contributed by atoms with E-state index in [1.165, 1.54) is 22.3 Å². The summed E-state index contributed by atoms with van der Waals surface area (Å²) in [6.45, 7) is 17.6. The first-order valence-corrected chi connectivity index (χ1v) is 7.23. The van der Waals surface area contributed by atoms with Crippen LogP contribution in [0, 0.1) is 0 Å². The van der Waals surface area contributed by atoms with Gasteiger partial charge in [0.15, 0.2) is 0 Å². The van der Waals surface area contributed by atoms with E-state index >= 15 is 0 Å². The third-order valence-electron chi connectivity index (χ3n) is 3.12. The summed E-state index contributed by atoms with van der Waals surface area (Å²) in [6, 6.07) is 8.61. The van der Waals surface area contributed by atoms with Crippen molar-refractivity contribution in [2.45, 2.75) is 40.0 Å². The number of allylic oxidation sites excluding steroid dienone is 5. The minimum absolute atomic E-state index is 0.992. The van der Waals surface area contributed by atoms with E-state index in [-0.39, 0.29) is 0 Å². The van der Waals surface area contributed by atoms with E-state index in [0.717, 1.165) is 19.3 Å². The molecule has 0 fully saturated rings.